The average Bonchev–Trinajstić information content (AvgIpc) is 2.97. The quantitative estimate of drug-likeness (QED) is 0.752. The summed E-state index contributed by atoms with van der Waals surface area (Å²) >= 11 is 7.24. The summed E-state index contributed by atoms with van der Waals surface area (Å²) in [5.74, 6) is -0.965. The molecule has 0 spiro atoms. The molecule has 3 rings (SSSR count). The SMILES string of the molecule is COC(=O)CN1CCC[C@H](NS(=O)(=O)c2ccc3cc(Cl)sc3c2)C1=O. The number of nitrogens with zero attached hydrogens (tertiary/aromatic N) is 1. The summed E-state index contributed by atoms with van der Waals surface area (Å²) < 4.78 is 33.7. The van der Waals surface area contributed by atoms with Gasteiger partial charge in [-0.2, -0.15) is 4.72 Å². The van der Waals surface area contributed by atoms with Crippen LogP contribution in [-0.2, 0) is 24.3 Å². The fraction of sp³-hybridized carbons (Fsp3) is 0.375. The highest BCUT2D eigenvalue weighted by Crippen LogP contribution is 2.31. The summed E-state index contributed by atoms with van der Waals surface area (Å²) in [6.07, 6.45) is 0.971. The number of sulfonamides is 1. The van der Waals surface area contributed by atoms with Crippen LogP contribution in [0.3, 0.4) is 0 Å². The molecule has 1 aromatic carbocycles. The van der Waals surface area contributed by atoms with Crippen molar-refractivity contribution in [2.24, 2.45) is 0 Å². The summed E-state index contributed by atoms with van der Waals surface area (Å²) in [6, 6.07) is 5.56. The van der Waals surface area contributed by atoms with Crippen LogP contribution in [-0.4, -0.2) is 51.4 Å². The van der Waals surface area contributed by atoms with Crippen LogP contribution in [0, 0.1) is 0 Å². The van der Waals surface area contributed by atoms with Crippen molar-refractivity contribution >= 4 is 54.9 Å². The van der Waals surface area contributed by atoms with Crippen molar-refractivity contribution in [2.75, 3.05) is 20.2 Å². The van der Waals surface area contributed by atoms with Gasteiger partial charge in [0.1, 0.15) is 12.6 Å². The van der Waals surface area contributed by atoms with Gasteiger partial charge in [0.25, 0.3) is 0 Å². The van der Waals surface area contributed by atoms with Gasteiger partial charge in [-0.25, -0.2) is 8.42 Å². The fourth-order valence-electron chi connectivity index (χ4n) is 2.83. The molecule has 1 aromatic heterocycles. The van der Waals surface area contributed by atoms with Crippen molar-refractivity contribution in [1.82, 2.24) is 9.62 Å². The maximum Gasteiger partial charge on any atom is 0.325 e. The lowest BCUT2D eigenvalue weighted by Gasteiger charge is -2.31. The molecular weight excluding hydrogens is 400 g/mol. The van der Waals surface area contributed by atoms with Crippen molar-refractivity contribution < 1.29 is 22.7 Å². The number of benzene rings is 1. The zero-order valence-corrected chi connectivity index (χ0v) is 16.3. The lowest BCUT2D eigenvalue weighted by atomic mass is 10.1. The average molecular weight is 417 g/mol. The van der Waals surface area contributed by atoms with Gasteiger partial charge < -0.3 is 9.64 Å². The Kier molecular flexibility index (Phi) is 5.52. The van der Waals surface area contributed by atoms with E-state index in [0.29, 0.717) is 23.7 Å². The molecule has 0 radical (unpaired) electrons. The number of hydrogen-bond donors (Lipinski definition) is 1. The molecule has 2 aromatic rings. The van der Waals surface area contributed by atoms with Crippen molar-refractivity contribution in [3.8, 4) is 0 Å². The summed E-state index contributed by atoms with van der Waals surface area (Å²) in [5, 5.41) is 0.858. The molecule has 10 heteroatoms. The Labute approximate surface area is 159 Å². The largest absolute Gasteiger partial charge is 0.468 e. The lowest BCUT2D eigenvalue weighted by molar-refractivity contribution is -0.148. The Hall–Kier alpha value is -1.68. The van der Waals surface area contributed by atoms with Gasteiger partial charge in [0, 0.05) is 11.2 Å². The van der Waals surface area contributed by atoms with Crippen LogP contribution in [0.1, 0.15) is 12.8 Å². The van der Waals surface area contributed by atoms with E-state index < -0.39 is 27.9 Å². The minimum atomic E-state index is -3.88. The third-order valence-electron chi connectivity index (χ3n) is 4.15. The number of esters is 1. The van der Waals surface area contributed by atoms with E-state index in [4.69, 9.17) is 11.6 Å². The summed E-state index contributed by atoms with van der Waals surface area (Å²) in [6.45, 7) is 0.207. The summed E-state index contributed by atoms with van der Waals surface area (Å²) in [7, 11) is -2.64. The molecule has 1 amide bonds. The number of nitrogens with one attached hydrogen (secondary N) is 1. The van der Waals surface area contributed by atoms with Gasteiger partial charge >= 0.3 is 5.97 Å². The molecule has 26 heavy (non-hydrogen) atoms. The van der Waals surface area contributed by atoms with E-state index in [1.54, 1.807) is 12.1 Å². The Morgan fingerprint density at radius 3 is 2.92 bits per heavy atom. The smallest absolute Gasteiger partial charge is 0.325 e. The Bertz CT molecular complexity index is 957. The normalized spacial score (nSPS) is 18.3. The van der Waals surface area contributed by atoms with Crippen molar-refractivity contribution in [2.45, 2.75) is 23.8 Å². The Morgan fingerprint density at radius 1 is 1.42 bits per heavy atom. The van der Waals surface area contributed by atoms with Crippen molar-refractivity contribution in [3.05, 3.63) is 28.6 Å². The lowest BCUT2D eigenvalue weighted by Crippen LogP contribution is -2.53. The number of amides is 1. The number of hydrogen-bond acceptors (Lipinski definition) is 6. The second kappa shape index (κ2) is 7.51. The first-order valence-corrected chi connectivity index (χ1v) is 10.5. The molecule has 0 aliphatic carbocycles. The molecule has 7 nitrogen and oxygen atoms in total. The van der Waals surface area contributed by atoms with Crippen LogP contribution < -0.4 is 4.72 Å². The van der Waals surface area contributed by atoms with Crippen LogP contribution >= 0.6 is 22.9 Å². The van der Waals surface area contributed by atoms with Crippen LogP contribution in [0.5, 0.6) is 0 Å². The third kappa shape index (κ3) is 4.01. The van der Waals surface area contributed by atoms with E-state index in [0.717, 1.165) is 10.1 Å². The van der Waals surface area contributed by atoms with Gasteiger partial charge in [0.05, 0.1) is 16.3 Å². The molecule has 1 saturated heterocycles. The highest BCUT2D eigenvalue weighted by Gasteiger charge is 2.33. The van der Waals surface area contributed by atoms with Gasteiger partial charge in [0.2, 0.25) is 15.9 Å². The minimum Gasteiger partial charge on any atom is -0.468 e. The molecule has 2 heterocycles. The number of rotatable bonds is 5. The number of thiophene rings is 1. The van der Waals surface area contributed by atoms with Gasteiger partial charge in [-0.15, -0.1) is 11.3 Å². The van der Waals surface area contributed by atoms with Crippen LogP contribution in [0.2, 0.25) is 4.34 Å². The van der Waals surface area contributed by atoms with Crippen LogP contribution in [0.4, 0.5) is 0 Å². The first-order chi connectivity index (χ1) is 12.3. The van der Waals surface area contributed by atoms with E-state index in [9.17, 15) is 18.0 Å². The first-order valence-electron chi connectivity index (χ1n) is 7.87. The van der Waals surface area contributed by atoms with Crippen LogP contribution in [0.15, 0.2) is 29.2 Å². The number of ether oxygens (including phenoxy) is 1. The number of carbonyl (C=O) groups is 2. The van der Waals surface area contributed by atoms with Crippen molar-refractivity contribution in [1.29, 1.82) is 0 Å². The number of methoxy groups -OCH3 is 1. The molecular formula is C16H17ClN2O5S2. The maximum atomic E-state index is 12.7. The van der Waals surface area contributed by atoms with Crippen LogP contribution in [0.25, 0.3) is 10.1 Å². The van der Waals surface area contributed by atoms with Gasteiger partial charge in [-0.1, -0.05) is 17.7 Å². The van der Waals surface area contributed by atoms with E-state index in [1.165, 1.54) is 35.5 Å². The molecule has 1 N–H and O–H groups in total. The third-order valence-corrected chi connectivity index (χ3v) is 6.84. The summed E-state index contributed by atoms with van der Waals surface area (Å²) in [4.78, 5) is 25.3. The second-order valence-electron chi connectivity index (χ2n) is 5.90. The molecule has 1 aliphatic rings. The zero-order valence-electron chi connectivity index (χ0n) is 13.9. The molecule has 1 fully saturated rings. The number of halogens is 1. The Balaban J connectivity index is 1.78. The standard InChI is InChI=1S/C16H17ClN2O5S2/c1-24-15(20)9-19-6-2-3-12(16(19)21)18-26(22,23)11-5-4-10-7-14(17)25-13(10)8-11/h4-5,7-8,12,18H,2-3,6,9H2,1H3/t12-/m0/s1. The van der Waals surface area contributed by atoms with E-state index in [-0.39, 0.29) is 11.4 Å². The molecule has 0 saturated carbocycles. The predicted molar refractivity (Wildman–Crippen MR) is 98.8 cm³/mol. The monoisotopic (exact) mass is 416 g/mol. The van der Waals surface area contributed by atoms with E-state index in [1.807, 2.05) is 0 Å². The minimum absolute atomic E-state index is 0.0707. The molecule has 1 aliphatic heterocycles. The zero-order chi connectivity index (χ0) is 18.9. The number of carbonyl (C=O) groups excluding carboxylic acids is 2. The summed E-state index contributed by atoms with van der Waals surface area (Å²) in [5.41, 5.74) is 0. The highest BCUT2D eigenvalue weighted by molar-refractivity contribution is 7.89. The topological polar surface area (TPSA) is 92.8 Å². The number of fused-ring (bicyclic) bond motifs is 1. The molecule has 0 bridgehead atoms. The van der Waals surface area contributed by atoms with E-state index >= 15 is 0 Å². The van der Waals surface area contributed by atoms with Crippen molar-refractivity contribution in [3.63, 3.8) is 0 Å². The van der Waals surface area contributed by atoms with Gasteiger partial charge in [-0.3, -0.25) is 9.59 Å². The Morgan fingerprint density at radius 2 is 2.19 bits per heavy atom. The molecule has 0 unspecified atom stereocenters. The number of likely N-dealkylation sites (tertiary alicyclic amines) is 1. The fourth-order valence-corrected chi connectivity index (χ4v) is 5.35. The predicted octanol–water partition coefficient (Wildman–Crippen LogP) is 2.00. The van der Waals surface area contributed by atoms with E-state index in [2.05, 4.69) is 9.46 Å². The second-order valence-corrected chi connectivity index (χ2v) is 9.33. The molecule has 140 valence electrons. The molecule has 1 atom stereocenters. The van der Waals surface area contributed by atoms with Gasteiger partial charge in [-0.05, 0) is 36.4 Å². The number of piperidine rings is 1. The van der Waals surface area contributed by atoms with Gasteiger partial charge in [0.15, 0.2) is 0 Å². The highest BCUT2D eigenvalue weighted by atomic mass is 35.5. The maximum absolute atomic E-state index is 12.7. The first kappa shape index (κ1) is 19.1.